The van der Waals surface area contributed by atoms with Crippen LogP contribution < -0.4 is 10.9 Å². The minimum atomic E-state index is -0.0799. The van der Waals surface area contributed by atoms with E-state index in [1.807, 2.05) is 6.92 Å². The van der Waals surface area contributed by atoms with Crippen molar-refractivity contribution in [1.29, 1.82) is 0 Å². The van der Waals surface area contributed by atoms with E-state index in [1.165, 1.54) is 15.9 Å². The standard InChI is InChI=1S/C13H19N5OS/c1-3-11-16-18-12(19)6-10(15-13(18)20-11)8-17-5-4-14-7-9(17)2/h6,9,14H,3-5,7-8H2,1-2H3/t9-/m0/s1. The Balaban J connectivity index is 1.90. The summed E-state index contributed by atoms with van der Waals surface area (Å²) in [5, 5.41) is 8.58. The molecular weight excluding hydrogens is 274 g/mol. The van der Waals surface area contributed by atoms with E-state index in [2.05, 4.69) is 27.2 Å². The first-order valence-corrected chi connectivity index (χ1v) is 7.82. The number of rotatable bonds is 3. The van der Waals surface area contributed by atoms with Gasteiger partial charge in [-0.3, -0.25) is 9.69 Å². The fourth-order valence-electron chi connectivity index (χ4n) is 2.45. The van der Waals surface area contributed by atoms with Crippen LogP contribution in [0.4, 0.5) is 0 Å². The molecule has 6 nitrogen and oxygen atoms in total. The zero-order valence-electron chi connectivity index (χ0n) is 11.8. The molecule has 108 valence electrons. The highest BCUT2D eigenvalue weighted by atomic mass is 32.1. The predicted octanol–water partition coefficient (Wildman–Crippen LogP) is 0.507. The number of aryl methyl sites for hydroxylation is 1. The van der Waals surface area contributed by atoms with E-state index in [4.69, 9.17) is 0 Å². The minimum absolute atomic E-state index is 0.0799. The van der Waals surface area contributed by atoms with Crippen molar-refractivity contribution in [3.05, 3.63) is 27.1 Å². The zero-order chi connectivity index (χ0) is 14.1. The molecule has 1 aliphatic rings. The maximum atomic E-state index is 12.1. The van der Waals surface area contributed by atoms with Crippen LogP contribution in [-0.4, -0.2) is 45.2 Å². The largest absolute Gasteiger partial charge is 0.314 e. The van der Waals surface area contributed by atoms with Gasteiger partial charge in [-0.2, -0.15) is 9.61 Å². The lowest BCUT2D eigenvalue weighted by molar-refractivity contribution is 0.164. The van der Waals surface area contributed by atoms with Gasteiger partial charge in [0.2, 0.25) is 4.96 Å². The molecule has 0 amide bonds. The van der Waals surface area contributed by atoms with Crippen molar-refractivity contribution >= 4 is 16.3 Å². The van der Waals surface area contributed by atoms with Gasteiger partial charge in [0.1, 0.15) is 5.01 Å². The van der Waals surface area contributed by atoms with Crippen LogP contribution in [0.2, 0.25) is 0 Å². The second-order valence-corrected chi connectivity index (χ2v) is 6.19. The first-order chi connectivity index (χ1) is 9.67. The molecule has 0 aromatic carbocycles. The quantitative estimate of drug-likeness (QED) is 0.893. The third kappa shape index (κ3) is 2.61. The van der Waals surface area contributed by atoms with Gasteiger partial charge < -0.3 is 5.32 Å². The van der Waals surface area contributed by atoms with E-state index in [-0.39, 0.29) is 5.56 Å². The fraction of sp³-hybridized carbons (Fsp3) is 0.615. The molecule has 0 radical (unpaired) electrons. The monoisotopic (exact) mass is 293 g/mol. The number of nitrogens with zero attached hydrogens (tertiary/aromatic N) is 4. The molecule has 1 N–H and O–H groups in total. The second-order valence-electron chi connectivity index (χ2n) is 5.15. The van der Waals surface area contributed by atoms with Crippen molar-refractivity contribution in [1.82, 2.24) is 24.8 Å². The molecule has 2 aromatic rings. The Morgan fingerprint density at radius 2 is 2.40 bits per heavy atom. The molecule has 3 heterocycles. The number of hydrogen-bond acceptors (Lipinski definition) is 6. The molecule has 0 spiro atoms. The van der Waals surface area contributed by atoms with Crippen LogP contribution in [0.5, 0.6) is 0 Å². The van der Waals surface area contributed by atoms with Gasteiger partial charge in [-0.05, 0) is 13.3 Å². The number of aromatic nitrogens is 3. The Bertz CT molecular complexity index is 664. The fourth-order valence-corrected chi connectivity index (χ4v) is 3.30. The summed E-state index contributed by atoms with van der Waals surface area (Å²) in [4.78, 5) is 19.7. The molecule has 0 unspecified atom stereocenters. The Labute approximate surface area is 121 Å². The molecule has 20 heavy (non-hydrogen) atoms. The predicted molar refractivity (Wildman–Crippen MR) is 79.3 cm³/mol. The summed E-state index contributed by atoms with van der Waals surface area (Å²) in [6.07, 6.45) is 0.831. The molecule has 0 saturated carbocycles. The van der Waals surface area contributed by atoms with E-state index in [0.29, 0.717) is 11.0 Å². The van der Waals surface area contributed by atoms with Crippen LogP contribution in [-0.2, 0) is 13.0 Å². The Morgan fingerprint density at radius 1 is 1.55 bits per heavy atom. The third-order valence-electron chi connectivity index (χ3n) is 3.65. The lowest BCUT2D eigenvalue weighted by Gasteiger charge is -2.33. The van der Waals surface area contributed by atoms with Gasteiger partial charge in [0, 0.05) is 38.3 Å². The molecule has 7 heteroatoms. The van der Waals surface area contributed by atoms with Gasteiger partial charge in [0.05, 0.1) is 5.69 Å². The molecular formula is C13H19N5OS. The molecule has 1 aliphatic heterocycles. The van der Waals surface area contributed by atoms with Crippen LogP contribution in [0, 0.1) is 0 Å². The maximum absolute atomic E-state index is 12.1. The maximum Gasteiger partial charge on any atom is 0.275 e. The average molecular weight is 293 g/mol. The van der Waals surface area contributed by atoms with Crippen molar-refractivity contribution in [3.63, 3.8) is 0 Å². The molecule has 1 atom stereocenters. The molecule has 2 aromatic heterocycles. The number of hydrogen-bond donors (Lipinski definition) is 1. The first-order valence-electron chi connectivity index (χ1n) is 7.01. The summed E-state index contributed by atoms with van der Waals surface area (Å²) in [6, 6.07) is 2.08. The van der Waals surface area contributed by atoms with Crippen LogP contribution in [0.1, 0.15) is 24.5 Å². The van der Waals surface area contributed by atoms with E-state index < -0.39 is 0 Å². The lowest BCUT2D eigenvalue weighted by atomic mass is 10.2. The summed E-state index contributed by atoms with van der Waals surface area (Å²) >= 11 is 1.50. The molecule has 1 saturated heterocycles. The first kappa shape index (κ1) is 13.7. The highest BCUT2D eigenvalue weighted by Crippen LogP contribution is 2.13. The normalized spacial score (nSPS) is 20.6. The van der Waals surface area contributed by atoms with Crippen LogP contribution in [0.15, 0.2) is 10.9 Å². The van der Waals surface area contributed by atoms with Crippen molar-refractivity contribution < 1.29 is 0 Å². The van der Waals surface area contributed by atoms with Gasteiger partial charge in [0.25, 0.3) is 5.56 Å². The van der Waals surface area contributed by atoms with Crippen LogP contribution in [0.3, 0.4) is 0 Å². The van der Waals surface area contributed by atoms with Crippen molar-refractivity contribution in [2.75, 3.05) is 19.6 Å². The third-order valence-corrected chi connectivity index (χ3v) is 4.70. The van der Waals surface area contributed by atoms with Crippen molar-refractivity contribution in [3.8, 4) is 0 Å². The summed E-state index contributed by atoms with van der Waals surface area (Å²) in [5.74, 6) is 0. The Kier molecular flexibility index (Phi) is 3.82. The minimum Gasteiger partial charge on any atom is -0.314 e. The highest BCUT2D eigenvalue weighted by molar-refractivity contribution is 7.16. The number of piperazine rings is 1. The van der Waals surface area contributed by atoms with Gasteiger partial charge in [-0.1, -0.05) is 18.3 Å². The summed E-state index contributed by atoms with van der Waals surface area (Å²) in [5.41, 5.74) is 0.763. The number of fused-ring (bicyclic) bond motifs is 1. The molecule has 3 rings (SSSR count). The Hall–Kier alpha value is -1.31. The van der Waals surface area contributed by atoms with E-state index >= 15 is 0 Å². The number of nitrogens with one attached hydrogen (secondary N) is 1. The lowest BCUT2D eigenvalue weighted by Crippen LogP contribution is -2.49. The second kappa shape index (κ2) is 5.59. The highest BCUT2D eigenvalue weighted by Gasteiger charge is 2.19. The van der Waals surface area contributed by atoms with Gasteiger partial charge in [-0.15, -0.1) is 0 Å². The summed E-state index contributed by atoms with van der Waals surface area (Å²) in [6.45, 7) is 7.93. The van der Waals surface area contributed by atoms with Gasteiger partial charge in [0.15, 0.2) is 0 Å². The smallest absolute Gasteiger partial charge is 0.275 e. The Morgan fingerprint density at radius 3 is 3.15 bits per heavy atom. The summed E-state index contributed by atoms with van der Waals surface area (Å²) < 4.78 is 1.41. The molecule has 1 fully saturated rings. The summed E-state index contributed by atoms with van der Waals surface area (Å²) in [7, 11) is 0. The van der Waals surface area contributed by atoms with Gasteiger partial charge in [-0.25, -0.2) is 4.98 Å². The van der Waals surface area contributed by atoms with Gasteiger partial charge >= 0.3 is 0 Å². The van der Waals surface area contributed by atoms with Crippen LogP contribution >= 0.6 is 11.3 Å². The van der Waals surface area contributed by atoms with E-state index in [1.54, 1.807) is 6.07 Å². The SMILES string of the molecule is CCc1nn2c(=O)cc(CN3CCNC[C@@H]3C)nc2s1. The van der Waals surface area contributed by atoms with Crippen molar-refractivity contribution in [2.45, 2.75) is 32.9 Å². The van der Waals surface area contributed by atoms with E-state index in [0.717, 1.165) is 43.3 Å². The molecule has 0 aliphatic carbocycles. The average Bonchev–Trinajstić information content (AvgIpc) is 2.85. The van der Waals surface area contributed by atoms with Crippen molar-refractivity contribution in [2.24, 2.45) is 0 Å². The van der Waals surface area contributed by atoms with Crippen LogP contribution in [0.25, 0.3) is 4.96 Å². The van der Waals surface area contributed by atoms with E-state index in [9.17, 15) is 4.79 Å². The zero-order valence-corrected chi connectivity index (χ0v) is 12.6. The molecule has 0 bridgehead atoms. The topological polar surface area (TPSA) is 62.5 Å².